The highest BCUT2D eigenvalue weighted by molar-refractivity contribution is 5.92. The summed E-state index contributed by atoms with van der Waals surface area (Å²) in [5, 5.41) is 0. The number of rotatable bonds is 6. The van der Waals surface area contributed by atoms with E-state index in [4.69, 9.17) is 14.2 Å². The van der Waals surface area contributed by atoms with Gasteiger partial charge in [-0.05, 0) is 73.5 Å². The molecule has 0 radical (unpaired) electrons. The zero-order chi connectivity index (χ0) is 21.7. The van der Waals surface area contributed by atoms with Gasteiger partial charge >= 0.3 is 11.9 Å². The zero-order valence-electron chi connectivity index (χ0n) is 16.8. The van der Waals surface area contributed by atoms with E-state index < -0.39 is 17.8 Å². The first-order valence-electron chi connectivity index (χ1n) is 9.34. The van der Waals surface area contributed by atoms with Crippen molar-refractivity contribution in [2.24, 2.45) is 0 Å². The minimum atomic E-state index is -0.542. The van der Waals surface area contributed by atoms with Crippen molar-refractivity contribution in [2.45, 2.75) is 20.0 Å². The maximum atomic E-state index is 13.9. The molecule has 0 aliphatic carbocycles. The summed E-state index contributed by atoms with van der Waals surface area (Å²) < 4.78 is 29.3. The Hall–Kier alpha value is -3.67. The second-order valence-electron chi connectivity index (χ2n) is 6.79. The second kappa shape index (κ2) is 9.22. The topological polar surface area (TPSA) is 61.8 Å². The van der Waals surface area contributed by atoms with Crippen molar-refractivity contribution in [3.05, 3.63) is 83.7 Å². The summed E-state index contributed by atoms with van der Waals surface area (Å²) in [6.45, 7) is 3.54. The monoisotopic (exact) mass is 408 g/mol. The van der Waals surface area contributed by atoms with Crippen molar-refractivity contribution in [1.29, 1.82) is 0 Å². The van der Waals surface area contributed by atoms with E-state index in [0.29, 0.717) is 22.4 Å². The molecular weight excluding hydrogens is 387 g/mol. The van der Waals surface area contributed by atoms with Gasteiger partial charge in [0.25, 0.3) is 0 Å². The molecule has 5 nitrogen and oxygen atoms in total. The Morgan fingerprint density at radius 2 is 1.37 bits per heavy atom. The summed E-state index contributed by atoms with van der Waals surface area (Å²) >= 11 is 0. The van der Waals surface area contributed by atoms with Crippen LogP contribution in [0.3, 0.4) is 0 Å². The van der Waals surface area contributed by atoms with Crippen molar-refractivity contribution < 1.29 is 28.2 Å². The fourth-order valence-electron chi connectivity index (χ4n) is 2.75. The lowest BCUT2D eigenvalue weighted by Crippen LogP contribution is -2.12. The highest BCUT2D eigenvalue weighted by atomic mass is 19.1. The number of benzene rings is 3. The first-order chi connectivity index (χ1) is 14.4. The number of carbonyl (C=O) groups excluding carboxylic acids is 2. The van der Waals surface area contributed by atoms with Crippen molar-refractivity contribution in [1.82, 2.24) is 0 Å². The fourth-order valence-corrected chi connectivity index (χ4v) is 2.75. The molecule has 3 aromatic carbocycles. The quantitative estimate of drug-likeness (QED) is 0.410. The molecule has 3 aromatic rings. The lowest BCUT2D eigenvalue weighted by atomic mass is 10.0. The molecule has 0 heterocycles. The average Bonchev–Trinajstić information content (AvgIpc) is 2.73. The van der Waals surface area contributed by atoms with Crippen LogP contribution in [0.2, 0.25) is 0 Å². The van der Waals surface area contributed by atoms with Gasteiger partial charge < -0.3 is 14.2 Å². The van der Waals surface area contributed by atoms with Gasteiger partial charge in [-0.15, -0.1) is 0 Å². The molecule has 6 heteroatoms. The van der Waals surface area contributed by atoms with Gasteiger partial charge in [0, 0.05) is 0 Å². The molecule has 0 amide bonds. The summed E-state index contributed by atoms with van der Waals surface area (Å²) in [4.78, 5) is 24.2. The average molecular weight is 408 g/mol. The molecule has 0 fully saturated rings. The van der Waals surface area contributed by atoms with Crippen molar-refractivity contribution >= 4 is 11.9 Å². The Bertz CT molecular complexity index is 1040. The number of halogens is 1. The minimum Gasteiger partial charge on any atom is -0.494 e. The summed E-state index contributed by atoms with van der Waals surface area (Å²) in [6, 6.07) is 17.4. The van der Waals surface area contributed by atoms with E-state index in [9.17, 15) is 14.0 Å². The van der Waals surface area contributed by atoms with Crippen LogP contribution in [0.15, 0.2) is 66.7 Å². The first kappa shape index (κ1) is 21.0. The normalized spacial score (nSPS) is 10.6. The Kier molecular flexibility index (Phi) is 6.47. The van der Waals surface area contributed by atoms with Crippen LogP contribution in [0, 0.1) is 5.82 Å². The molecule has 0 aromatic heterocycles. The number of hydrogen-bond acceptors (Lipinski definition) is 5. The third-order valence-electron chi connectivity index (χ3n) is 4.25. The van der Waals surface area contributed by atoms with Crippen LogP contribution in [0.25, 0.3) is 11.1 Å². The van der Waals surface area contributed by atoms with Crippen LogP contribution < -0.4 is 9.47 Å². The van der Waals surface area contributed by atoms with Crippen LogP contribution >= 0.6 is 0 Å². The van der Waals surface area contributed by atoms with E-state index >= 15 is 0 Å². The van der Waals surface area contributed by atoms with Gasteiger partial charge in [-0.3, -0.25) is 0 Å². The number of esters is 2. The van der Waals surface area contributed by atoms with Gasteiger partial charge in [0.1, 0.15) is 5.75 Å². The van der Waals surface area contributed by atoms with Crippen molar-refractivity contribution in [3.8, 4) is 22.6 Å². The molecule has 0 aliphatic rings. The molecule has 30 heavy (non-hydrogen) atoms. The van der Waals surface area contributed by atoms with E-state index in [0.717, 1.165) is 5.56 Å². The van der Waals surface area contributed by atoms with Crippen LogP contribution in [0.5, 0.6) is 11.5 Å². The molecule has 154 valence electrons. The van der Waals surface area contributed by atoms with Gasteiger partial charge in [0.05, 0.1) is 24.3 Å². The predicted molar refractivity (Wildman–Crippen MR) is 110 cm³/mol. The summed E-state index contributed by atoms with van der Waals surface area (Å²) in [5.41, 5.74) is 2.13. The van der Waals surface area contributed by atoms with Gasteiger partial charge in [-0.25, -0.2) is 14.0 Å². The van der Waals surface area contributed by atoms with Crippen LogP contribution in [0.4, 0.5) is 4.39 Å². The van der Waals surface area contributed by atoms with Crippen LogP contribution in [0.1, 0.15) is 34.6 Å². The molecule has 0 spiro atoms. The maximum Gasteiger partial charge on any atom is 0.343 e. The maximum absolute atomic E-state index is 13.9. The number of hydrogen-bond donors (Lipinski definition) is 0. The number of methoxy groups -OCH3 is 1. The summed E-state index contributed by atoms with van der Waals surface area (Å²) in [7, 11) is 1.41. The minimum absolute atomic E-state index is 0.169. The lowest BCUT2D eigenvalue weighted by Gasteiger charge is -2.09. The molecule has 0 saturated carbocycles. The van der Waals surface area contributed by atoms with E-state index in [2.05, 4.69) is 0 Å². The predicted octanol–water partition coefficient (Wildman–Crippen LogP) is 5.29. The summed E-state index contributed by atoms with van der Waals surface area (Å²) in [6.07, 6.45) is -0.215. The third kappa shape index (κ3) is 5.03. The van der Waals surface area contributed by atoms with Crippen LogP contribution in [-0.4, -0.2) is 25.2 Å². The molecule has 0 unspecified atom stereocenters. The highest BCUT2D eigenvalue weighted by Crippen LogP contribution is 2.26. The van der Waals surface area contributed by atoms with E-state index in [1.807, 2.05) is 0 Å². The van der Waals surface area contributed by atoms with E-state index in [-0.39, 0.29) is 11.9 Å². The summed E-state index contributed by atoms with van der Waals surface area (Å²) in [5.74, 6) is -0.961. The van der Waals surface area contributed by atoms with Crippen LogP contribution in [-0.2, 0) is 4.74 Å². The van der Waals surface area contributed by atoms with Crippen molar-refractivity contribution in [2.75, 3.05) is 7.11 Å². The fraction of sp³-hybridized carbons (Fsp3) is 0.167. The van der Waals surface area contributed by atoms with Gasteiger partial charge in [0.15, 0.2) is 11.6 Å². The van der Waals surface area contributed by atoms with E-state index in [1.54, 1.807) is 50.2 Å². The number of carbonyl (C=O) groups is 2. The highest BCUT2D eigenvalue weighted by Gasteiger charge is 2.12. The zero-order valence-corrected chi connectivity index (χ0v) is 16.8. The lowest BCUT2D eigenvalue weighted by molar-refractivity contribution is 0.0378. The number of ether oxygens (including phenoxy) is 3. The Morgan fingerprint density at radius 3 is 1.93 bits per heavy atom. The standard InChI is InChI=1S/C24H21FO5/c1-15(2)29-23(26)18-8-11-20(12-9-18)30-24(27)17-6-4-16(5-7-17)19-10-13-22(28-3)21(25)14-19/h4-15H,1-3H3. The first-order valence-corrected chi connectivity index (χ1v) is 9.34. The molecule has 0 bridgehead atoms. The van der Waals surface area contributed by atoms with Gasteiger partial charge in [0.2, 0.25) is 0 Å². The molecule has 0 atom stereocenters. The Morgan fingerprint density at radius 1 is 0.800 bits per heavy atom. The molecule has 0 N–H and O–H groups in total. The largest absolute Gasteiger partial charge is 0.494 e. The Balaban J connectivity index is 1.67. The van der Waals surface area contributed by atoms with Gasteiger partial charge in [-0.1, -0.05) is 18.2 Å². The SMILES string of the molecule is COc1ccc(-c2ccc(C(=O)Oc3ccc(C(=O)OC(C)C)cc3)cc2)cc1F. The third-order valence-corrected chi connectivity index (χ3v) is 4.25. The molecule has 3 rings (SSSR count). The molecular formula is C24H21FO5. The molecule has 0 saturated heterocycles. The Labute approximate surface area is 174 Å². The molecule has 0 aliphatic heterocycles. The van der Waals surface area contributed by atoms with Crippen molar-refractivity contribution in [3.63, 3.8) is 0 Å². The second-order valence-corrected chi connectivity index (χ2v) is 6.79. The van der Waals surface area contributed by atoms with E-state index in [1.165, 1.54) is 37.4 Å². The smallest absolute Gasteiger partial charge is 0.343 e. The van der Waals surface area contributed by atoms with Gasteiger partial charge in [-0.2, -0.15) is 0 Å².